The molecule has 1 amide bonds. The predicted octanol–water partition coefficient (Wildman–Crippen LogP) is 11.4. The fraction of sp³-hybridized carbons (Fsp3) is 0.203. The summed E-state index contributed by atoms with van der Waals surface area (Å²) in [7, 11) is 0. The molecule has 1 fully saturated rings. The minimum absolute atomic E-state index is 0.00638. The van der Waals surface area contributed by atoms with Crippen molar-refractivity contribution in [3.05, 3.63) is 221 Å². The summed E-state index contributed by atoms with van der Waals surface area (Å²) < 4.78 is 42.9. The number of carbonyl (C=O) groups excluding carboxylic acids is 5. The van der Waals surface area contributed by atoms with Crippen molar-refractivity contribution in [2.24, 2.45) is 11.8 Å². The molecule has 7 aromatic carbocycles. The van der Waals surface area contributed by atoms with Crippen molar-refractivity contribution < 1.29 is 52.0 Å². The Balaban J connectivity index is 1.09. The number of rotatable bonds is 20. The molecule has 0 aromatic heterocycles. The van der Waals surface area contributed by atoms with Crippen LogP contribution in [0.2, 0.25) is 0 Å². The van der Waals surface area contributed by atoms with E-state index >= 15 is 0 Å². The Labute approximate surface area is 411 Å². The molecule has 71 heavy (non-hydrogen) atoms. The Morgan fingerprint density at radius 1 is 0.592 bits per heavy atom. The number of ether oxygens (including phenoxy) is 5. The molecule has 0 aliphatic carbocycles. The molecule has 1 aliphatic heterocycles. The first-order valence-corrected chi connectivity index (χ1v) is 23.3. The van der Waals surface area contributed by atoms with Crippen LogP contribution in [0.4, 0.5) is 10.1 Å². The molecule has 0 N–H and O–H groups in total. The molecule has 0 radical (unpaired) electrons. The van der Waals surface area contributed by atoms with E-state index in [4.69, 9.17) is 23.7 Å². The van der Waals surface area contributed by atoms with Crippen LogP contribution in [-0.2, 0) is 64.4 Å². The lowest BCUT2D eigenvalue weighted by Gasteiger charge is -2.48. The smallest absolute Gasteiger partial charge is 0.321 e. The van der Waals surface area contributed by atoms with E-state index in [1.54, 1.807) is 41.3 Å². The highest BCUT2D eigenvalue weighted by molar-refractivity contribution is 6.03. The molecule has 8 rings (SSSR count). The van der Waals surface area contributed by atoms with Gasteiger partial charge in [0.05, 0.1) is 12.0 Å². The van der Waals surface area contributed by atoms with Crippen LogP contribution in [0.15, 0.2) is 182 Å². The summed E-state index contributed by atoms with van der Waals surface area (Å²) in [6, 6.07) is 53.4. The first-order chi connectivity index (χ1) is 34.5. The van der Waals surface area contributed by atoms with Crippen LogP contribution >= 0.6 is 0 Å². The fourth-order valence-electron chi connectivity index (χ4n) is 8.63. The summed E-state index contributed by atoms with van der Waals surface area (Å²) in [6.07, 6.45) is -0.103. The molecular formula is C59H52FNO10. The van der Waals surface area contributed by atoms with E-state index < -0.39 is 53.7 Å². The van der Waals surface area contributed by atoms with Gasteiger partial charge < -0.3 is 28.6 Å². The van der Waals surface area contributed by atoms with Gasteiger partial charge in [0.15, 0.2) is 5.92 Å². The Kier molecular flexibility index (Phi) is 16.1. The highest BCUT2D eigenvalue weighted by Gasteiger charge is 2.50. The molecule has 1 saturated heterocycles. The predicted molar refractivity (Wildman–Crippen MR) is 264 cm³/mol. The number of anilines is 1. The molecule has 11 nitrogen and oxygen atoms in total. The Morgan fingerprint density at radius 2 is 1.14 bits per heavy atom. The quantitative estimate of drug-likeness (QED) is 0.0239. The van der Waals surface area contributed by atoms with Crippen molar-refractivity contribution in [2.75, 3.05) is 4.90 Å². The third-order valence-electron chi connectivity index (χ3n) is 12.2. The van der Waals surface area contributed by atoms with E-state index in [9.17, 15) is 28.4 Å². The summed E-state index contributed by atoms with van der Waals surface area (Å²) in [5.74, 6) is -3.91. The van der Waals surface area contributed by atoms with Crippen molar-refractivity contribution in [1.82, 2.24) is 0 Å². The van der Waals surface area contributed by atoms with Gasteiger partial charge in [-0.15, -0.1) is 0 Å². The van der Waals surface area contributed by atoms with Gasteiger partial charge >= 0.3 is 23.9 Å². The standard InChI is InChI=1S/C59H52FNO10/c1-39(62)70-50-29-27-49(28-30-50)61-56(52(57(61)64)32-33-54(71-40(2)63)46-22-25-48(60)26-23-46)51-31-24-47(35-55(51)67-36-42-12-6-3-7-13-42)45-20-18-41(19-21-45)34-53(58(65)68-37-43-14-8-4-9-15-43)59(66)69-38-44-16-10-5-11-17-44/h3-31,35,52-54,56H,32-34,36-38H2,1-2H3/t52-,54+,56-/m1/s1. The lowest BCUT2D eigenvalue weighted by Crippen LogP contribution is -2.55. The SMILES string of the molecule is CC(=O)Oc1ccc(N2C(=O)[C@H](CC[C@H](OC(C)=O)c3ccc(F)cc3)[C@H]2c2ccc(-c3ccc(CC(C(=O)OCc4ccccc4)C(=O)OCc4ccccc4)cc3)cc2OCc2ccccc2)cc1. The monoisotopic (exact) mass is 953 g/mol. The maximum absolute atomic E-state index is 14.4. The number of β-lactam (4-membered cyclic amide) rings is 1. The summed E-state index contributed by atoms with van der Waals surface area (Å²) in [4.78, 5) is 67.2. The number of esters is 4. The van der Waals surface area contributed by atoms with Gasteiger partial charge in [-0.2, -0.15) is 0 Å². The molecule has 360 valence electrons. The van der Waals surface area contributed by atoms with Gasteiger partial charge in [-0.25, -0.2) is 4.39 Å². The van der Waals surface area contributed by atoms with Gasteiger partial charge in [0, 0.05) is 25.1 Å². The van der Waals surface area contributed by atoms with E-state index in [1.165, 1.54) is 26.0 Å². The number of hydrogen-bond donors (Lipinski definition) is 0. The van der Waals surface area contributed by atoms with Crippen LogP contribution < -0.4 is 14.4 Å². The number of hydrogen-bond acceptors (Lipinski definition) is 10. The highest BCUT2D eigenvalue weighted by atomic mass is 19.1. The molecule has 7 aromatic rings. The van der Waals surface area contributed by atoms with Gasteiger partial charge in [-0.3, -0.25) is 24.0 Å². The van der Waals surface area contributed by atoms with Crippen LogP contribution in [-0.4, -0.2) is 29.8 Å². The highest BCUT2D eigenvalue weighted by Crippen LogP contribution is 2.50. The fourth-order valence-corrected chi connectivity index (χ4v) is 8.63. The van der Waals surface area contributed by atoms with E-state index in [0.717, 1.165) is 33.4 Å². The first kappa shape index (κ1) is 49.1. The van der Waals surface area contributed by atoms with Crippen LogP contribution in [0, 0.1) is 17.7 Å². The Hall–Kier alpha value is -8.38. The second kappa shape index (κ2) is 23.3. The Morgan fingerprint density at radius 3 is 1.69 bits per heavy atom. The molecule has 1 heterocycles. The van der Waals surface area contributed by atoms with Crippen molar-refractivity contribution in [3.8, 4) is 22.6 Å². The van der Waals surface area contributed by atoms with Crippen LogP contribution in [0.1, 0.15) is 72.2 Å². The van der Waals surface area contributed by atoms with Crippen molar-refractivity contribution in [1.29, 1.82) is 0 Å². The second-order valence-electron chi connectivity index (χ2n) is 17.2. The number of carbonyl (C=O) groups is 5. The van der Waals surface area contributed by atoms with E-state index in [2.05, 4.69) is 0 Å². The lowest BCUT2D eigenvalue weighted by atomic mass is 9.77. The number of nitrogens with zero attached hydrogens (tertiary/aromatic N) is 1. The van der Waals surface area contributed by atoms with Gasteiger partial charge in [0.25, 0.3) is 0 Å². The molecule has 0 bridgehead atoms. The third kappa shape index (κ3) is 12.8. The van der Waals surface area contributed by atoms with Crippen LogP contribution in [0.3, 0.4) is 0 Å². The van der Waals surface area contributed by atoms with Gasteiger partial charge in [0.1, 0.15) is 43.2 Å². The number of benzene rings is 7. The normalized spacial score (nSPS) is 14.5. The maximum atomic E-state index is 14.4. The molecule has 0 saturated carbocycles. The van der Waals surface area contributed by atoms with Crippen molar-refractivity contribution >= 4 is 35.5 Å². The zero-order valence-corrected chi connectivity index (χ0v) is 39.3. The molecule has 1 aliphatic rings. The number of amides is 1. The van der Waals surface area contributed by atoms with E-state index in [0.29, 0.717) is 34.7 Å². The molecule has 0 spiro atoms. The summed E-state index contributed by atoms with van der Waals surface area (Å²) in [5, 5.41) is 0. The van der Waals surface area contributed by atoms with Crippen LogP contribution in [0.5, 0.6) is 11.5 Å². The first-order valence-electron chi connectivity index (χ1n) is 23.3. The molecule has 3 atom stereocenters. The summed E-state index contributed by atoms with van der Waals surface area (Å²) >= 11 is 0. The zero-order chi connectivity index (χ0) is 49.7. The molecule has 0 unspecified atom stereocenters. The minimum Gasteiger partial charge on any atom is -0.489 e. The van der Waals surface area contributed by atoms with Crippen molar-refractivity contribution in [2.45, 2.75) is 65.1 Å². The lowest BCUT2D eigenvalue weighted by molar-refractivity contribution is -0.163. The zero-order valence-electron chi connectivity index (χ0n) is 39.3. The van der Waals surface area contributed by atoms with Crippen LogP contribution in [0.25, 0.3) is 11.1 Å². The summed E-state index contributed by atoms with van der Waals surface area (Å²) in [5.41, 5.74) is 6.74. The van der Waals surface area contributed by atoms with Gasteiger partial charge in [-0.1, -0.05) is 140 Å². The summed E-state index contributed by atoms with van der Waals surface area (Å²) in [6.45, 7) is 2.86. The third-order valence-corrected chi connectivity index (χ3v) is 12.2. The van der Waals surface area contributed by atoms with E-state index in [-0.39, 0.29) is 38.6 Å². The van der Waals surface area contributed by atoms with Crippen molar-refractivity contribution in [3.63, 3.8) is 0 Å². The van der Waals surface area contributed by atoms with Gasteiger partial charge in [0.2, 0.25) is 5.91 Å². The number of halogens is 1. The Bertz CT molecular complexity index is 2880. The maximum Gasteiger partial charge on any atom is 0.321 e. The minimum atomic E-state index is -1.22. The average molecular weight is 954 g/mol. The second-order valence-corrected chi connectivity index (χ2v) is 17.2. The van der Waals surface area contributed by atoms with Gasteiger partial charge in [-0.05, 0) is 101 Å². The molecular weight excluding hydrogens is 902 g/mol. The van der Waals surface area contributed by atoms with E-state index in [1.807, 2.05) is 133 Å². The topological polar surface area (TPSA) is 135 Å². The average Bonchev–Trinajstić information content (AvgIpc) is 3.38. The molecule has 12 heteroatoms. The largest absolute Gasteiger partial charge is 0.489 e.